The number of nitrogens with zero attached hydrogens (tertiary/aromatic N) is 1. The molecule has 0 aliphatic rings. The minimum Gasteiger partial charge on any atom is -0.464 e. The smallest absolute Gasteiger partial charge is 0.426 e. The molecule has 0 radical (unpaired) electrons. The van der Waals surface area contributed by atoms with Crippen LogP contribution < -0.4 is 9.03 Å². The van der Waals surface area contributed by atoms with E-state index in [0.717, 1.165) is 25.7 Å². The molecule has 1 amide bonds. The van der Waals surface area contributed by atoms with Gasteiger partial charge in [-0.15, -0.1) is 0 Å². The summed E-state index contributed by atoms with van der Waals surface area (Å²) in [5.74, 6) is -0.000705. The topological polar surface area (TPSA) is 86.7 Å². The van der Waals surface area contributed by atoms with Gasteiger partial charge in [0.2, 0.25) is 0 Å². The van der Waals surface area contributed by atoms with Crippen LogP contribution in [0.4, 0.5) is 10.5 Å². The molecule has 1 unspecified atom stereocenters. The summed E-state index contributed by atoms with van der Waals surface area (Å²) in [6.07, 6.45) is 4.61. The van der Waals surface area contributed by atoms with Crippen LogP contribution in [0.1, 0.15) is 77.7 Å². The lowest BCUT2D eigenvalue weighted by atomic mass is 10.0. The summed E-state index contributed by atoms with van der Waals surface area (Å²) in [7, 11) is -4.19. The lowest BCUT2D eigenvalue weighted by Gasteiger charge is -2.25. The van der Waals surface area contributed by atoms with Gasteiger partial charge in [0.05, 0.1) is 5.69 Å². The Balaban J connectivity index is 2.91. The minimum absolute atomic E-state index is 0.000705. The highest BCUT2D eigenvalue weighted by Crippen LogP contribution is 2.29. The van der Waals surface area contributed by atoms with Crippen LogP contribution in [-0.4, -0.2) is 25.7 Å². The number of para-hydroxylation sites is 1. The van der Waals surface area contributed by atoms with Crippen LogP contribution in [0, 0.1) is 0 Å². The first-order chi connectivity index (χ1) is 12.2. The van der Waals surface area contributed by atoms with E-state index in [0.29, 0.717) is 16.3 Å². The van der Waals surface area contributed by atoms with Crippen LogP contribution in [0.15, 0.2) is 24.3 Å². The second-order valence-corrected chi connectivity index (χ2v) is 8.54. The molecule has 2 N–H and O–H groups in total. The molecule has 1 atom stereocenters. The number of unbranched alkanes of at least 4 members (excludes halogenated alkanes) is 4. The van der Waals surface area contributed by atoms with Gasteiger partial charge in [0, 0.05) is 6.04 Å². The van der Waals surface area contributed by atoms with Crippen LogP contribution >= 0.6 is 0 Å². The molecule has 0 fully saturated rings. The quantitative estimate of drug-likeness (QED) is 0.532. The van der Waals surface area contributed by atoms with Gasteiger partial charge in [0.15, 0.2) is 0 Å². The Bertz CT molecular complexity index is 674. The fourth-order valence-electron chi connectivity index (χ4n) is 2.92. The van der Waals surface area contributed by atoms with Crippen molar-refractivity contribution < 1.29 is 18.3 Å². The lowest BCUT2D eigenvalue weighted by Crippen LogP contribution is -2.47. The molecule has 1 aromatic rings. The molecule has 0 saturated heterocycles. The van der Waals surface area contributed by atoms with E-state index >= 15 is 0 Å². The van der Waals surface area contributed by atoms with Crippen molar-refractivity contribution >= 4 is 22.0 Å². The molecule has 0 bridgehead atoms. The average Bonchev–Trinajstić information content (AvgIpc) is 2.53. The number of hydrogen-bond donors (Lipinski definition) is 2. The standard InChI is InChI=1S/C19H32N2O4S/c1-5-6-7-8-9-12-16(4)20-26(24,25)21(19(22)23)18-14-11-10-13-17(18)15(2)3/h10-11,13-16,20H,5-9,12H2,1-4H3,(H,22,23). The minimum atomic E-state index is -4.19. The van der Waals surface area contributed by atoms with Crippen LogP contribution in [0.2, 0.25) is 0 Å². The van der Waals surface area contributed by atoms with Crippen molar-refractivity contribution in [2.45, 2.75) is 78.2 Å². The molecule has 0 heterocycles. The predicted octanol–water partition coefficient (Wildman–Crippen LogP) is 4.88. The summed E-state index contributed by atoms with van der Waals surface area (Å²) in [5, 5.41) is 9.56. The first kappa shape index (κ1) is 22.4. The van der Waals surface area contributed by atoms with Gasteiger partial charge >= 0.3 is 16.3 Å². The zero-order valence-corrected chi connectivity index (χ0v) is 17.1. The molecular formula is C19H32N2O4S. The Morgan fingerprint density at radius 3 is 2.31 bits per heavy atom. The van der Waals surface area contributed by atoms with Gasteiger partial charge in [-0.1, -0.05) is 71.1 Å². The maximum Gasteiger partial charge on any atom is 0.426 e. The van der Waals surface area contributed by atoms with Crippen molar-refractivity contribution in [3.05, 3.63) is 29.8 Å². The zero-order valence-electron chi connectivity index (χ0n) is 16.2. The second-order valence-electron chi connectivity index (χ2n) is 6.99. The molecule has 0 spiro atoms. The Morgan fingerprint density at radius 1 is 1.12 bits per heavy atom. The Hall–Kier alpha value is -1.60. The molecule has 148 valence electrons. The number of amides is 1. The summed E-state index contributed by atoms with van der Waals surface area (Å²) >= 11 is 0. The summed E-state index contributed by atoms with van der Waals surface area (Å²) in [4.78, 5) is 11.7. The molecule has 6 nitrogen and oxygen atoms in total. The Kier molecular flexibility index (Phi) is 9.08. The van der Waals surface area contributed by atoms with Gasteiger partial charge in [0.25, 0.3) is 0 Å². The molecule has 0 aliphatic carbocycles. The number of carboxylic acid groups (broad SMARTS) is 1. The van der Waals surface area contributed by atoms with Crippen molar-refractivity contribution in [1.82, 2.24) is 4.72 Å². The first-order valence-electron chi connectivity index (χ1n) is 9.35. The third kappa shape index (κ3) is 6.61. The highest BCUT2D eigenvalue weighted by Gasteiger charge is 2.32. The summed E-state index contributed by atoms with van der Waals surface area (Å²) < 4.78 is 28.4. The molecule has 1 aromatic carbocycles. The average molecular weight is 385 g/mol. The first-order valence-corrected chi connectivity index (χ1v) is 10.8. The van der Waals surface area contributed by atoms with Gasteiger partial charge < -0.3 is 5.11 Å². The maximum absolute atomic E-state index is 12.7. The van der Waals surface area contributed by atoms with E-state index in [-0.39, 0.29) is 17.6 Å². The number of nitrogens with one attached hydrogen (secondary N) is 1. The van der Waals surface area contributed by atoms with E-state index in [2.05, 4.69) is 11.6 Å². The molecule has 7 heteroatoms. The van der Waals surface area contributed by atoms with E-state index in [1.54, 1.807) is 25.1 Å². The van der Waals surface area contributed by atoms with Gasteiger partial charge in [-0.05, 0) is 30.9 Å². The van der Waals surface area contributed by atoms with Crippen molar-refractivity contribution in [2.24, 2.45) is 0 Å². The Morgan fingerprint density at radius 2 is 1.73 bits per heavy atom. The van der Waals surface area contributed by atoms with Crippen molar-refractivity contribution in [3.63, 3.8) is 0 Å². The SMILES string of the molecule is CCCCCCCC(C)NS(=O)(=O)N(C(=O)O)c1ccccc1C(C)C. The fraction of sp³-hybridized carbons (Fsp3) is 0.632. The normalized spacial score (nSPS) is 13.0. The van der Waals surface area contributed by atoms with E-state index in [4.69, 9.17) is 0 Å². The molecule has 0 aromatic heterocycles. The number of carbonyl (C=O) groups is 1. The van der Waals surface area contributed by atoms with Crippen molar-refractivity contribution in [3.8, 4) is 0 Å². The van der Waals surface area contributed by atoms with E-state index < -0.39 is 16.3 Å². The zero-order chi connectivity index (χ0) is 19.7. The number of hydrogen-bond acceptors (Lipinski definition) is 3. The van der Waals surface area contributed by atoms with Gasteiger partial charge in [-0.2, -0.15) is 17.4 Å². The maximum atomic E-state index is 12.7. The molecular weight excluding hydrogens is 352 g/mol. The number of benzene rings is 1. The lowest BCUT2D eigenvalue weighted by molar-refractivity contribution is 0.206. The van der Waals surface area contributed by atoms with Crippen LogP contribution in [0.3, 0.4) is 0 Å². The number of anilines is 1. The Labute approximate surface area is 157 Å². The van der Waals surface area contributed by atoms with Crippen LogP contribution in [0.5, 0.6) is 0 Å². The van der Waals surface area contributed by atoms with Gasteiger partial charge in [-0.25, -0.2) is 4.79 Å². The van der Waals surface area contributed by atoms with Gasteiger partial charge in [-0.3, -0.25) is 0 Å². The summed E-state index contributed by atoms with van der Waals surface area (Å²) in [6, 6.07) is 6.37. The van der Waals surface area contributed by atoms with E-state index in [1.807, 2.05) is 13.8 Å². The number of rotatable bonds is 11. The van der Waals surface area contributed by atoms with Crippen molar-refractivity contribution in [1.29, 1.82) is 0 Å². The van der Waals surface area contributed by atoms with Crippen LogP contribution in [-0.2, 0) is 10.2 Å². The third-order valence-corrected chi connectivity index (χ3v) is 5.82. The molecule has 1 rings (SSSR count). The van der Waals surface area contributed by atoms with Crippen molar-refractivity contribution in [2.75, 3.05) is 4.31 Å². The summed E-state index contributed by atoms with van der Waals surface area (Å²) in [6.45, 7) is 7.72. The summed E-state index contributed by atoms with van der Waals surface area (Å²) in [5.41, 5.74) is 0.852. The second kappa shape index (κ2) is 10.5. The third-order valence-electron chi connectivity index (χ3n) is 4.28. The monoisotopic (exact) mass is 384 g/mol. The highest BCUT2D eigenvalue weighted by atomic mass is 32.2. The highest BCUT2D eigenvalue weighted by molar-refractivity contribution is 7.91. The fourth-order valence-corrected chi connectivity index (χ4v) is 4.28. The molecule has 0 saturated carbocycles. The van der Waals surface area contributed by atoms with Crippen LogP contribution in [0.25, 0.3) is 0 Å². The molecule has 26 heavy (non-hydrogen) atoms. The molecule has 0 aliphatic heterocycles. The van der Waals surface area contributed by atoms with Gasteiger partial charge in [0.1, 0.15) is 0 Å². The van der Waals surface area contributed by atoms with E-state index in [9.17, 15) is 18.3 Å². The van der Waals surface area contributed by atoms with E-state index in [1.165, 1.54) is 12.5 Å². The largest absolute Gasteiger partial charge is 0.464 e. The predicted molar refractivity (Wildman–Crippen MR) is 106 cm³/mol.